The molecule has 0 radical (unpaired) electrons. The maximum absolute atomic E-state index is 13.3. The number of ether oxygens (including phenoxy) is 2. The summed E-state index contributed by atoms with van der Waals surface area (Å²) in [6.07, 6.45) is -4.64. The fourth-order valence-corrected chi connectivity index (χ4v) is 4.89. The quantitative estimate of drug-likeness (QED) is 0.394. The van der Waals surface area contributed by atoms with Gasteiger partial charge in [0.2, 0.25) is 0 Å². The summed E-state index contributed by atoms with van der Waals surface area (Å²) in [5.74, 6) is -3.45. The van der Waals surface area contributed by atoms with Crippen molar-refractivity contribution in [3.8, 4) is 17.6 Å². The highest BCUT2D eigenvalue weighted by Crippen LogP contribution is 2.34. The molecule has 1 aliphatic rings. The summed E-state index contributed by atoms with van der Waals surface area (Å²) in [5.41, 5.74) is 0.692. The highest BCUT2D eigenvalue weighted by Gasteiger charge is 2.38. The fraction of sp³-hybridized carbons (Fsp3) is 0.375. The van der Waals surface area contributed by atoms with Gasteiger partial charge in [-0.05, 0) is 30.3 Å². The highest BCUT2D eigenvalue weighted by molar-refractivity contribution is 7.92. The number of carbonyl (C=O) groups is 2. The van der Waals surface area contributed by atoms with Gasteiger partial charge in [-0.3, -0.25) is 9.62 Å². The molecule has 2 aromatic rings. The van der Waals surface area contributed by atoms with Gasteiger partial charge in [0, 0.05) is 45.2 Å². The van der Waals surface area contributed by atoms with Crippen LogP contribution < -0.4 is 19.1 Å². The van der Waals surface area contributed by atoms with Crippen molar-refractivity contribution in [1.82, 2.24) is 4.90 Å². The van der Waals surface area contributed by atoms with Crippen molar-refractivity contribution in [3.05, 3.63) is 42.0 Å². The van der Waals surface area contributed by atoms with E-state index in [1.165, 1.54) is 38.5 Å². The van der Waals surface area contributed by atoms with Gasteiger partial charge in [-0.2, -0.15) is 18.4 Å². The number of methoxy groups -OCH3 is 2. The number of hydrogen-bond donors (Lipinski definition) is 3. The van der Waals surface area contributed by atoms with E-state index in [2.05, 4.69) is 15.7 Å². The molecule has 0 atom stereocenters. The predicted octanol–water partition coefficient (Wildman–Crippen LogP) is 2.87. The summed E-state index contributed by atoms with van der Waals surface area (Å²) in [7, 11) is -1.35. The van der Waals surface area contributed by atoms with Crippen molar-refractivity contribution in [2.45, 2.75) is 17.5 Å². The zero-order chi connectivity index (χ0) is 30.1. The molecule has 0 unspecified atom stereocenters. The van der Waals surface area contributed by atoms with E-state index in [1.807, 2.05) is 4.90 Å². The van der Waals surface area contributed by atoms with Crippen molar-refractivity contribution >= 4 is 33.3 Å². The number of hydrogen-bond acceptors (Lipinski definition) is 9. The lowest BCUT2D eigenvalue weighted by Gasteiger charge is -2.36. The Morgan fingerprint density at radius 2 is 1.68 bits per heavy atom. The third kappa shape index (κ3) is 8.64. The number of aliphatic carboxylic acids is 1. The Morgan fingerprint density at radius 3 is 2.17 bits per heavy atom. The summed E-state index contributed by atoms with van der Waals surface area (Å²) in [6.45, 7) is 3.30. The average molecular weight is 589 g/mol. The van der Waals surface area contributed by atoms with Crippen LogP contribution in [0.15, 0.2) is 41.3 Å². The first kappa shape index (κ1) is 32.0. The lowest BCUT2D eigenvalue weighted by atomic mass is 10.1. The summed E-state index contributed by atoms with van der Waals surface area (Å²) in [6, 6.07) is 10.9. The van der Waals surface area contributed by atoms with E-state index in [4.69, 9.17) is 24.6 Å². The van der Waals surface area contributed by atoms with Crippen LogP contribution in [0, 0.1) is 11.3 Å². The van der Waals surface area contributed by atoms with Gasteiger partial charge in [0.15, 0.2) is 0 Å². The number of nitrogens with one attached hydrogen (secondary N) is 1. The zero-order valence-electron chi connectivity index (χ0n) is 21.4. The molecule has 0 aliphatic carbocycles. The number of sulfonamides is 1. The first-order chi connectivity index (χ1) is 18.7. The molecule has 3 N–H and O–H groups in total. The number of nitriles is 1. The molecule has 16 heteroatoms. The number of halogens is 3. The van der Waals surface area contributed by atoms with Gasteiger partial charge in [0.1, 0.15) is 16.4 Å². The van der Waals surface area contributed by atoms with Crippen molar-refractivity contribution in [3.63, 3.8) is 0 Å². The van der Waals surface area contributed by atoms with Crippen LogP contribution in [0.1, 0.15) is 16.8 Å². The molecule has 0 bridgehead atoms. The SMILES string of the molecule is COc1ccc(OC)c(S(=O)(=O)Nc2cc(C(=O)O)ccc2N2CCN(CCC#N)CC2)c1.O=C(O)C(F)(F)F. The molecule has 0 spiro atoms. The number of aromatic carboxylic acids is 1. The van der Waals surface area contributed by atoms with Crippen LogP contribution in [-0.4, -0.2) is 88.6 Å². The number of carboxylic acid groups (broad SMARTS) is 2. The second-order valence-corrected chi connectivity index (χ2v) is 9.85. The summed E-state index contributed by atoms with van der Waals surface area (Å²) < 4.78 is 71.2. The standard InChI is InChI=1S/C22H26N4O6S.C2HF3O2/c1-31-17-5-7-20(32-2)21(15-17)33(29,30)24-18-14-16(22(27)28)4-6-19(18)26-12-10-25(11-13-26)9-3-8-23;3-2(4,5)1(6)7/h4-7,14-15,24H,3,9-13H2,1-2H3,(H,27,28);(H,6,7). The molecule has 1 aliphatic heterocycles. The van der Waals surface area contributed by atoms with Crippen LogP contribution in [0.5, 0.6) is 11.5 Å². The van der Waals surface area contributed by atoms with E-state index < -0.39 is 28.1 Å². The topological polar surface area (TPSA) is 169 Å². The molecule has 12 nitrogen and oxygen atoms in total. The van der Waals surface area contributed by atoms with Crippen molar-refractivity contribution < 1.29 is 50.9 Å². The van der Waals surface area contributed by atoms with Gasteiger partial charge >= 0.3 is 18.1 Å². The van der Waals surface area contributed by atoms with Crippen LogP contribution in [0.4, 0.5) is 24.5 Å². The van der Waals surface area contributed by atoms with Crippen LogP contribution in [0.2, 0.25) is 0 Å². The summed E-state index contributed by atoms with van der Waals surface area (Å²) in [5, 5.41) is 25.3. The molecule has 1 saturated heterocycles. The van der Waals surface area contributed by atoms with E-state index >= 15 is 0 Å². The van der Waals surface area contributed by atoms with Crippen molar-refractivity contribution in [2.24, 2.45) is 0 Å². The Balaban J connectivity index is 0.000000708. The highest BCUT2D eigenvalue weighted by atomic mass is 32.2. The minimum atomic E-state index is -5.08. The Morgan fingerprint density at radius 1 is 1.05 bits per heavy atom. The molecule has 2 aromatic carbocycles. The Kier molecular flexibility index (Phi) is 11.0. The molecule has 218 valence electrons. The monoisotopic (exact) mass is 588 g/mol. The second kappa shape index (κ2) is 13.7. The van der Waals surface area contributed by atoms with Gasteiger partial charge in [-0.15, -0.1) is 0 Å². The van der Waals surface area contributed by atoms with Gasteiger partial charge < -0.3 is 24.6 Å². The molecule has 0 amide bonds. The normalized spacial score (nSPS) is 13.8. The molecule has 1 heterocycles. The number of piperazine rings is 1. The molecule has 0 saturated carbocycles. The fourth-order valence-electron chi connectivity index (χ4n) is 3.64. The van der Waals surface area contributed by atoms with Crippen LogP contribution >= 0.6 is 0 Å². The van der Waals surface area contributed by atoms with Crippen LogP contribution in [-0.2, 0) is 14.8 Å². The van der Waals surface area contributed by atoms with E-state index in [0.717, 1.165) is 0 Å². The zero-order valence-corrected chi connectivity index (χ0v) is 22.3. The molecule has 40 heavy (non-hydrogen) atoms. The largest absolute Gasteiger partial charge is 0.497 e. The number of alkyl halides is 3. The van der Waals surface area contributed by atoms with Crippen molar-refractivity contribution in [1.29, 1.82) is 5.26 Å². The van der Waals surface area contributed by atoms with E-state index in [1.54, 1.807) is 12.1 Å². The smallest absolute Gasteiger partial charge is 0.490 e. The second-order valence-electron chi connectivity index (χ2n) is 8.20. The predicted molar refractivity (Wildman–Crippen MR) is 136 cm³/mol. The Labute approximate surface area is 228 Å². The molecule has 0 aromatic heterocycles. The van der Waals surface area contributed by atoms with Gasteiger partial charge in [-0.1, -0.05) is 0 Å². The summed E-state index contributed by atoms with van der Waals surface area (Å²) >= 11 is 0. The van der Waals surface area contributed by atoms with Crippen LogP contribution in [0.25, 0.3) is 0 Å². The maximum Gasteiger partial charge on any atom is 0.490 e. The first-order valence-electron chi connectivity index (χ1n) is 11.5. The first-order valence-corrected chi connectivity index (χ1v) is 13.0. The average Bonchev–Trinajstić information content (AvgIpc) is 2.91. The number of carboxylic acids is 2. The van der Waals surface area contributed by atoms with Crippen LogP contribution in [0.3, 0.4) is 0 Å². The van der Waals surface area contributed by atoms with E-state index in [-0.39, 0.29) is 21.9 Å². The van der Waals surface area contributed by atoms with Gasteiger partial charge in [0.25, 0.3) is 10.0 Å². The summed E-state index contributed by atoms with van der Waals surface area (Å²) in [4.78, 5) is 24.5. The van der Waals surface area contributed by atoms with E-state index in [9.17, 15) is 31.5 Å². The maximum atomic E-state index is 13.3. The minimum Gasteiger partial charge on any atom is -0.497 e. The molecule has 3 rings (SSSR count). The lowest BCUT2D eigenvalue weighted by Crippen LogP contribution is -2.46. The Bertz CT molecular complexity index is 1350. The lowest BCUT2D eigenvalue weighted by molar-refractivity contribution is -0.192. The minimum absolute atomic E-state index is 0.0401. The number of nitrogens with zero attached hydrogens (tertiary/aromatic N) is 3. The van der Waals surface area contributed by atoms with Gasteiger partial charge in [0.05, 0.1) is 37.2 Å². The molecular weight excluding hydrogens is 561 g/mol. The third-order valence-corrected chi connectivity index (χ3v) is 7.03. The van der Waals surface area contributed by atoms with Gasteiger partial charge in [-0.25, -0.2) is 18.0 Å². The van der Waals surface area contributed by atoms with Crippen molar-refractivity contribution in [2.75, 3.05) is 56.6 Å². The number of anilines is 2. The molecule has 1 fully saturated rings. The number of rotatable bonds is 9. The Hall–Kier alpha value is -4.23. The van der Waals surface area contributed by atoms with E-state index in [0.29, 0.717) is 50.6 Å². The number of benzene rings is 2. The third-order valence-electron chi connectivity index (χ3n) is 5.64. The molecular formula is C24H27F3N4O8S.